The quantitative estimate of drug-likeness (QED) is 0.583. The number of hydrogen-bond acceptors (Lipinski definition) is 6. The molecule has 4 rings (SSSR count). The number of aromatic nitrogens is 1. The fourth-order valence-corrected chi connectivity index (χ4v) is 5.11. The Bertz CT molecular complexity index is 1120. The number of thiazole rings is 1. The van der Waals surface area contributed by atoms with Crippen molar-refractivity contribution in [2.75, 3.05) is 16.2 Å². The molecule has 2 aromatic carbocycles. The first kappa shape index (κ1) is 20.5. The van der Waals surface area contributed by atoms with Crippen molar-refractivity contribution >= 4 is 38.1 Å². The second kappa shape index (κ2) is 8.55. The SMILES string of the molecule is Cc1ccc(CNC2CCN(c3ccc(S(=O)(=O)Nc4nccs4)cc3)C2=O)cc1.[HH]. The minimum atomic E-state index is -3.71. The molecule has 1 saturated heterocycles. The first-order chi connectivity index (χ1) is 14.4. The van der Waals surface area contributed by atoms with Crippen molar-refractivity contribution in [3.63, 3.8) is 0 Å². The highest BCUT2D eigenvalue weighted by atomic mass is 32.2. The van der Waals surface area contributed by atoms with Gasteiger partial charge in [0.05, 0.1) is 10.9 Å². The lowest BCUT2D eigenvalue weighted by Crippen LogP contribution is -2.38. The molecule has 1 aromatic heterocycles. The molecule has 1 unspecified atom stereocenters. The van der Waals surface area contributed by atoms with Crippen LogP contribution in [0.3, 0.4) is 0 Å². The van der Waals surface area contributed by atoms with Crippen molar-refractivity contribution in [1.29, 1.82) is 0 Å². The van der Waals surface area contributed by atoms with Crippen molar-refractivity contribution in [3.05, 3.63) is 71.2 Å². The third-order valence-electron chi connectivity index (χ3n) is 4.99. The molecule has 30 heavy (non-hydrogen) atoms. The van der Waals surface area contributed by atoms with Crippen LogP contribution < -0.4 is 14.9 Å². The molecule has 2 heterocycles. The van der Waals surface area contributed by atoms with E-state index in [9.17, 15) is 13.2 Å². The minimum absolute atomic E-state index is 0. The van der Waals surface area contributed by atoms with Crippen LogP contribution in [0.1, 0.15) is 19.0 Å². The van der Waals surface area contributed by atoms with Gasteiger partial charge in [0, 0.05) is 31.8 Å². The molecule has 0 radical (unpaired) electrons. The summed E-state index contributed by atoms with van der Waals surface area (Å²) in [7, 11) is -3.71. The lowest BCUT2D eigenvalue weighted by atomic mass is 10.1. The van der Waals surface area contributed by atoms with Gasteiger partial charge in [0.25, 0.3) is 10.0 Å². The molecule has 3 aromatic rings. The Balaban J connectivity index is 0.00000272. The molecular weight excluding hydrogens is 420 g/mol. The third kappa shape index (κ3) is 4.53. The van der Waals surface area contributed by atoms with Gasteiger partial charge in [-0.05, 0) is 43.2 Å². The molecule has 0 aliphatic carbocycles. The maximum absolute atomic E-state index is 12.8. The highest BCUT2D eigenvalue weighted by Crippen LogP contribution is 2.25. The molecule has 1 aliphatic heterocycles. The summed E-state index contributed by atoms with van der Waals surface area (Å²) >= 11 is 1.21. The summed E-state index contributed by atoms with van der Waals surface area (Å²) in [5.74, 6) is -0.00127. The third-order valence-corrected chi connectivity index (χ3v) is 7.16. The number of nitrogens with zero attached hydrogens (tertiary/aromatic N) is 2. The van der Waals surface area contributed by atoms with Gasteiger partial charge in [0.15, 0.2) is 5.13 Å². The molecule has 9 heteroatoms. The second-order valence-corrected chi connectivity index (χ2v) is 9.71. The first-order valence-corrected chi connectivity index (χ1v) is 11.9. The summed E-state index contributed by atoms with van der Waals surface area (Å²) in [5.41, 5.74) is 3.02. The normalized spacial score (nSPS) is 16.8. The summed E-state index contributed by atoms with van der Waals surface area (Å²) < 4.78 is 27.4. The number of sulfonamides is 1. The van der Waals surface area contributed by atoms with Gasteiger partial charge in [0.2, 0.25) is 5.91 Å². The molecule has 0 spiro atoms. The largest absolute Gasteiger partial charge is 0.311 e. The predicted molar refractivity (Wildman–Crippen MR) is 120 cm³/mol. The molecule has 1 atom stereocenters. The number of rotatable bonds is 7. The monoisotopic (exact) mass is 444 g/mol. The Hall–Kier alpha value is -2.75. The number of aryl methyl sites for hydroxylation is 1. The van der Waals surface area contributed by atoms with Crippen LogP contribution in [0.15, 0.2) is 65.0 Å². The van der Waals surface area contributed by atoms with Gasteiger partial charge in [-0.2, -0.15) is 0 Å². The van der Waals surface area contributed by atoms with Gasteiger partial charge in [-0.3, -0.25) is 9.52 Å². The molecule has 0 saturated carbocycles. The Morgan fingerprint density at radius 2 is 1.90 bits per heavy atom. The lowest BCUT2D eigenvalue weighted by molar-refractivity contribution is -0.118. The summed E-state index contributed by atoms with van der Waals surface area (Å²) in [6.45, 7) is 3.26. The minimum Gasteiger partial charge on any atom is -0.311 e. The Labute approximate surface area is 181 Å². The van der Waals surface area contributed by atoms with Gasteiger partial charge in [-0.1, -0.05) is 29.8 Å². The van der Waals surface area contributed by atoms with Crippen LogP contribution in [0.2, 0.25) is 0 Å². The van der Waals surface area contributed by atoms with E-state index in [1.165, 1.54) is 35.2 Å². The van der Waals surface area contributed by atoms with Gasteiger partial charge in [0.1, 0.15) is 0 Å². The average molecular weight is 445 g/mol. The fourth-order valence-electron chi connectivity index (χ4n) is 3.33. The molecule has 1 amide bonds. The van der Waals surface area contributed by atoms with E-state index in [-0.39, 0.29) is 18.3 Å². The number of carbonyl (C=O) groups excluding carboxylic acids is 1. The van der Waals surface area contributed by atoms with E-state index >= 15 is 0 Å². The number of benzene rings is 2. The van der Waals surface area contributed by atoms with Crippen molar-refractivity contribution in [2.45, 2.75) is 30.8 Å². The van der Waals surface area contributed by atoms with Crippen LogP contribution in [0.25, 0.3) is 0 Å². The van der Waals surface area contributed by atoms with Crippen molar-refractivity contribution < 1.29 is 14.6 Å². The van der Waals surface area contributed by atoms with Crippen LogP contribution >= 0.6 is 11.3 Å². The van der Waals surface area contributed by atoms with Gasteiger partial charge in [-0.15, -0.1) is 11.3 Å². The Morgan fingerprint density at radius 3 is 2.57 bits per heavy atom. The number of carbonyl (C=O) groups is 1. The number of hydrogen-bond donors (Lipinski definition) is 2. The number of amides is 1. The smallest absolute Gasteiger partial charge is 0.263 e. The molecule has 7 nitrogen and oxygen atoms in total. The highest BCUT2D eigenvalue weighted by molar-refractivity contribution is 7.93. The van der Waals surface area contributed by atoms with Crippen molar-refractivity contribution in [2.24, 2.45) is 0 Å². The zero-order valence-electron chi connectivity index (χ0n) is 16.4. The summed E-state index contributed by atoms with van der Waals surface area (Å²) in [4.78, 5) is 18.6. The molecular formula is C21H24N4O3S2. The average Bonchev–Trinajstić information content (AvgIpc) is 3.37. The van der Waals surface area contributed by atoms with Crippen LogP contribution in [0.4, 0.5) is 10.8 Å². The summed E-state index contributed by atoms with van der Waals surface area (Å²) in [6, 6.07) is 14.3. The fraction of sp³-hybridized carbons (Fsp3) is 0.238. The topological polar surface area (TPSA) is 91.4 Å². The maximum Gasteiger partial charge on any atom is 0.263 e. The van der Waals surface area contributed by atoms with Crippen LogP contribution in [0, 0.1) is 6.92 Å². The Kier molecular flexibility index (Phi) is 5.85. The van der Waals surface area contributed by atoms with Crippen LogP contribution in [0.5, 0.6) is 0 Å². The van der Waals surface area contributed by atoms with Crippen LogP contribution in [-0.2, 0) is 21.4 Å². The van der Waals surface area contributed by atoms with Gasteiger partial charge in [-0.25, -0.2) is 13.4 Å². The van der Waals surface area contributed by atoms with Gasteiger partial charge < -0.3 is 10.2 Å². The van der Waals surface area contributed by atoms with E-state index in [1.807, 2.05) is 6.92 Å². The molecule has 1 fully saturated rings. The van der Waals surface area contributed by atoms with Crippen LogP contribution in [-0.4, -0.2) is 31.9 Å². The Morgan fingerprint density at radius 1 is 1.17 bits per heavy atom. The zero-order chi connectivity index (χ0) is 21.1. The van der Waals surface area contributed by atoms with Crippen molar-refractivity contribution in [1.82, 2.24) is 10.3 Å². The maximum atomic E-state index is 12.8. The van der Waals surface area contributed by atoms with Crippen molar-refractivity contribution in [3.8, 4) is 0 Å². The van der Waals surface area contributed by atoms with E-state index in [4.69, 9.17) is 0 Å². The standard InChI is InChI=1S/C21H22N4O3S2.H2/c1-15-2-4-16(5-3-15)14-23-19-10-12-25(20(19)26)17-6-8-18(9-7-17)30(27,28)24-21-22-11-13-29-21;/h2-9,11,13,19,23H,10,12,14H2,1H3,(H,22,24);1H. The highest BCUT2D eigenvalue weighted by Gasteiger charge is 2.32. The second-order valence-electron chi connectivity index (χ2n) is 7.13. The van der Waals surface area contributed by atoms with E-state index in [0.29, 0.717) is 30.3 Å². The van der Waals surface area contributed by atoms with E-state index < -0.39 is 10.0 Å². The molecule has 1 aliphatic rings. The van der Waals surface area contributed by atoms with E-state index in [2.05, 4.69) is 39.3 Å². The van der Waals surface area contributed by atoms with E-state index in [0.717, 1.165) is 5.56 Å². The first-order valence-electron chi connectivity index (χ1n) is 9.55. The summed E-state index contributed by atoms with van der Waals surface area (Å²) in [5, 5.41) is 5.34. The lowest BCUT2D eigenvalue weighted by Gasteiger charge is -2.18. The molecule has 2 N–H and O–H groups in total. The summed E-state index contributed by atoms with van der Waals surface area (Å²) in [6.07, 6.45) is 2.24. The predicted octanol–water partition coefficient (Wildman–Crippen LogP) is 3.39. The molecule has 158 valence electrons. The van der Waals surface area contributed by atoms with E-state index in [1.54, 1.807) is 22.4 Å². The molecule has 0 bridgehead atoms. The van der Waals surface area contributed by atoms with Gasteiger partial charge >= 0.3 is 0 Å². The number of anilines is 2. The number of nitrogens with one attached hydrogen (secondary N) is 2. The zero-order valence-corrected chi connectivity index (χ0v) is 18.0.